The average Bonchev–Trinajstić information content (AvgIpc) is 2.51. The predicted octanol–water partition coefficient (Wildman–Crippen LogP) is 2.10. The van der Waals surface area contributed by atoms with Crippen LogP contribution in [0.3, 0.4) is 0 Å². The van der Waals surface area contributed by atoms with Crippen LogP contribution in [0.5, 0.6) is 11.5 Å². The molecule has 0 aliphatic rings. The fourth-order valence-corrected chi connectivity index (χ4v) is 1.99. The summed E-state index contributed by atoms with van der Waals surface area (Å²) in [5.41, 5.74) is 5.66. The van der Waals surface area contributed by atoms with Crippen molar-refractivity contribution in [3.8, 4) is 11.5 Å². The molecule has 0 bridgehead atoms. The van der Waals surface area contributed by atoms with Gasteiger partial charge < -0.3 is 20.5 Å². The van der Waals surface area contributed by atoms with Gasteiger partial charge in [-0.2, -0.15) is 0 Å². The molecule has 5 heteroatoms. The van der Waals surface area contributed by atoms with Crippen molar-refractivity contribution in [1.82, 2.24) is 5.32 Å². The summed E-state index contributed by atoms with van der Waals surface area (Å²) in [7, 11) is 1.59. The predicted molar refractivity (Wildman–Crippen MR) is 83.6 cm³/mol. The minimum absolute atomic E-state index is 0.0311. The molecular formula is C16H26N2O3. The third-order valence-electron chi connectivity index (χ3n) is 3.21. The van der Waals surface area contributed by atoms with Crippen molar-refractivity contribution in [3.05, 3.63) is 24.3 Å². The van der Waals surface area contributed by atoms with Crippen molar-refractivity contribution in [1.29, 1.82) is 0 Å². The zero-order valence-electron chi connectivity index (χ0n) is 12.9. The number of amides is 1. The van der Waals surface area contributed by atoms with Crippen molar-refractivity contribution in [2.45, 2.75) is 38.6 Å². The molecule has 0 radical (unpaired) electrons. The Balaban J connectivity index is 2.32. The highest BCUT2D eigenvalue weighted by atomic mass is 16.5. The lowest BCUT2D eigenvalue weighted by molar-refractivity contribution is -0.122. The number of hydrogen-bond donors (Lipinski definition) is 2. The van der Waals surface area contributed by atoms with Gasteiger partial charge in [0.15, 0.2) is 11.5 Å². The Hall–Kier alpha value is -1.75. The maximum atomic E-state index is 11.8. The summed E-state index contributed by atoms with van der Waals surface area (Å²) < 4.78 is 10.8. The lowest BCUT2D eigenvalue weighted by Gasteiger charge is -2.16. The number of benzene rings is 1. The topological polar surface area (TPSA) is 73.6 Å². The van der Waals surface area contributed by atoms with E-state index in [4.69, 9.17) is 15.2 Å². The molecule has 0 heterocycles. The fourth-order valence-electron chi connectivity index (χ4n) is 1.99. The number of nitrogens with two attached hydrogens (primary N) is 1. The zero-order chi connectivity index (χ0) is 15.5. The number of rotatable bonds is 10. The molecule has 0 saturated carbocycles. The molecule has 118 valence electrons. The van der Waals surface area contributed by atoms with Gasteiger partial charge in [-0.05, 0) is 18.6 Å². The molecule has 1 rings (SSSR count). The van der Waals surface area contributed by atoms with Gasteiger partial charge in [0.1, 0.15) is 0 Å². The SMILES string of the molecule is CCCCC(CN)NC(=O)CCOc1ccccc1OC. The lowest BCUT2D eigenvalue weighted by Crippen LogP contribution is -2.40. The number of unbranched alkanes of at least 4 members (excludes halogenated alkanes) is 1. The maximum absolute atomic E-state index is 11.8. The van der Waals surface area contributed by atoms with Gasteiger partial charge in [0.2, 0.25) is 5.91 Å². The van der Waals surface area contributed by atoms with Gasteiger partial charge in [0.25, 0.3) is 0 Å². The van der Waals surface area contributed by atoms with Gasteiger partial charge >= 0.3 is 0 Å². The highest BCUT2D eigenvalue weighted by Gasteiger charge is 2.10. The Bertz CT molecular complexity index is 424. The van der Waals surface area contributed by atoms with E-state index in [1.807, 2.05) is 24.3 Å². The molecular weight excluding hydrogens is 268 g/mol. The highest BCUT2D eigenvalue weighted by molar-refractivity contribution is 5.76. The monoisotopic (exact) mass is 294 g/mol. The normalized spacial score (nSPS) is 11.8. The van der Waals surface area contributed by atoms with Crippen LogP contribution in [0.1, 0.15) is 32.6 Å². The molecule has 1 atom stereocenters. The standard InChI is InChI=1S/C16H26N2O3/c1-3-4-7-13(12-17)18-16(19)10-11-21-15-9-6-5-8-14(15)20-2/h5-6,8-9,13H,3-4,7,10-12,17H2,1-2H3,(H,18,19). The summed E-state index contributed by atoms with van der Waals surface area (Å²) in [6.07, 6.45) is 3.40. The molecule has 0 fully saturated rings. The van der Waals surface area contributed by atoms with Crippen LogP contribution in [0.25, 0.3) is 0 Å². The summed E-state index contributed by atoms with van der Waals surface area (Å²) in [4.78, 5) is 11.8. The van der Waals surface area contributed by atoms with Crippen LogP contribution in [0.2, 0.25) is 0 Å². The van der Waals surface area contributed by atoms with Gasteiger partial charge in [0.05, 0.1) is 20.1 Å². The number of ether oxygens (including phenoxy) is 2. The number of carbonyl (C=O) groups excluding carboxylic acids is 1. The third kappa shape index (κ3) is 6.49. The summed E-state index contributed by atoms with van der Waals surface area (Å²) in [6.45, 7) is 2.91. The van der Waals surface area contributed by atoms with E-state index in [9.17, 15) is 4.79 Å². The molecule has 21 heavy (non-hydrogen) atoms. The second-order valence-corrected chi connectivity index (χ2v) is 4.89. The van der Waals surface area contributed by atoms with E-state index in [-0.39, 0.29) is 11.9 Å². The van der Waals surface area contributed by atoms with E-state index >= 15 is 0 Å². The van der Waals surface area contributed by atoms with Gasteiger partial charge in [-0.25, -0.2) is 0 Å². The van der Waals surface area contributed by atoms with Gasteiger partial charge in [-0.1, -0.05) is 31.9 Å². The Labute approximate surface area is 126 Å². The molecule has 0 saturated heterocycles. The summed E-state index contributed by atoms with van der Waals surface area (Å²) in [5.74, 6) is 1.28. The Kier molecular flexibility index (Phi) is 8.28. The maximum Gasteiger partial charge on any atom is 0.223 e. The third-order valence-corrected chi connectivity index (χ3v) is 3.21. The van der Waals surface area contributed by atoms with E-state index in [1.54, 1.807) is 7.11 Å². The molecule has 1 aromatic carbocycles. The lowest BCUT2D eigenvalue weighted by atomic mass is 10.1. The minimum Gasteiger partial charge on any atom is -0.493 e. The van der Waals surface area contributed by atoms with Crippen molar-refractivity contribution in [3.63, 3.8) is 0 Å². The number of methoxy groups -OCH3 is 1. The van der Waals surface area contributed by atoms with E-state index in [0.29, 0.717) is 31.1 Å². The quantitative estimate of drug-likeness (QED) is 0.693. The van der Waals surface area contributed by atoms with Gasteiger partial charge in [0, 0.05) is 12.6 Å². The van der Waals surface area contributed by atoms with Gasteiger partial charge in [-0.15, -0.1) is 0 Å². The molecule has 1 aromatic rings. The second-order valence-electron chi connectivity index (χ2n) is 4.89. The Morgan fingerprint density at radius 3 is 2.67 bits per heavy atom. The molecule has 0 aliphatic heterocycles. The molecule has 5 nitrogen and oxygen atoms in total. The first-order valence-corrected chi connectivity index (χ1v) is 7.46. The van der Waals surface area contributed by atoms with Crippen LogP contribution >= 0.6 is 0 Å². The second kappa shape index (κ2) is 10.0. The smallest absolute Gasteiger partial charge is 0.223 e. The Morgan fingerprint density at radius 2 is 2.05 bits per heavy atom. The van der Waals surface area contributed by atoms with E-state index in [2.05, 4.69) is 12.2 Å². The van der Waals surface area contributed by atoms with Crippen LogP contribution in [0, 0.1) is 0 Å². The van der Waals surface area contributed by atoms with Crippen molar-refractivity contribution < 1.29 is 14.3 Å². The number of carbonyl (C=O) groups is 1. The van der Waals surface area contributed by atoms with Crippen molar-refractivity contribution in [2.24, 2.45) is 5.73 Å². The fraction of sp³-hybridized carbons (Fsp3) is 0.562. The van der Waals surface area contributed by atoms with Crippen LogP contribution in [0.15, 0.2) is 24.3 Å². The Morgan fingerprint density at radius 1 is 1.33 bits per heavy atom. The first kappa shape index (κ1) is 17.3. The largest absolute Gasteiger partial charge is 0.493 e. The summed E-state index contributed by atoms with van der Waals surface area (Å²) in [5, 5.41) is 2.94. The van der Waals surface area contributed by atoms with Crippen LogP contribution in [-0.4, -0.2) is 32.2 Å². The molecule has 0 spiro atoms. The van der Waals surface area contributed by atoms with E-state index in [1.165, 1.54) is 0 Å². The minimum atomic E-state index is -0.0311. The first-order valence-electron chi connectivity index (χ1n) is 7.46. The average molecular weight is 294 g/mol. The van der Waals surface area contributed by atoms with Crippen LogP contribution in [0.4, 0.5) is 0 Å². The number of nitrogens with one attached hydrogen (secondary N) is 1. The molecule has 0 aliphatic carbocycles. The van der Waals surface area contributed by atoms with Crippen molar-refractivity contribution in [2.75, 3.05) is 20.3 Å². The summed E-state index contributed by atoms with van der Waals surface area (Å²) >= 11 is 0. The van der Waals surface area contributed by atoms with Crippen LogP contribution in [-0.2, 0) is 4.79 Å². The van der Waals surface area contributed by atoms with Crippen LogP contribution < -0.4 is 20.5 Å². The molecule has 1 unspecified atom stereocenters. The molecule has 1 amide bonds. The summed E-state index contributed by atoms with van der Waals surface area (Å²) in [6, 6.07) is 7.44. The van der Waals surface area contributed by atoms with E-state index < -0.39 is 0 Å². The number of hydrogen-bond acceptors (Lipinski definition) is 4. The van der Waals surface area contributed by atoms with E-state index in [0.717, 1.165) is 19.3 Å². The molecule has 3 N–H and O–H groups in total. The van der Waals surface area contributed by atoms with Gasteiger partial charge in [-0.3, -0.25) is 4.79 Å². The number of para-hydroxylation sites is 2. The highest BCUT2D eigenvalue weighted by Crippen LogP contribution is 2.25. The molecule has 0 aromatic heterocycles. The zero-order valence-corrected chi connectivity index (χ0v) is 12.9. The van der Waals surface area contributed by atoms with Crippen molar-refractivity contribution >= 4 is 5.91 Å². The first-order chi connectivity index (χ1) is 10.2.